The van der Waals surface area contributed by atoms with Gasteiger partial charge in [-0.3, -0.25) is 0 Å². The predicted octanol–water partition coefficient (Wildman–Crippen LogP) is 2.88. The van der Waals surface area contributed by atoms with E-state index in [1.54, 1.807) is 36.4 Å². The number of benzene rings is 2. The van der Waals surface area contributed by atoms with Gasteiger partial charge in [-0.25, -0.2) is 0 Å². The first-order chi connectivity index (χ1) is 11.1. The molecule has 0 aliphatic carbocycles. The molecule has 0 bridgehead atoms. The van der Waals surface area contributed by atoms with Crippen LogP contribution in [0, 0.1) is 0 Å². The molecule has 3 rings (SSSR count). The van der Waals surface area contributed by atoms with Crippen molar-refractivity contribution in [1.29, 1.82) is 0 Å². The smallest absolute Gasteiger partial charge is 0.115 e. The van der Waals surface area contributed by atoms with E-state index in [0.29, 0.717) is 11.8 Å². The van der Waals surface area contributed by atoms with Gasteiger partial charge in [0, 0.05) is 12.1 Å². The average Bonchev–Trinajstić information content (AvgIpc) is 3.03. The van der Waals surface area contributed by atoms with Gasteiger partial charge in [-0.1, -0.05) is 24.3 Å². The van der Waals surface area contributed by atoms with E-state index in [0.717, 1.165) is 31.2 Å². The van der Waals surface area contributed by atoms with E-state index in [9.17, 15) is 15.3 Å². The normalized spacial score (nSPS) is 22.1. The second-order valence-electron chi connectivity index (χ2n) is 6.29. The highest BCUT2D eigenvalue weighted by atomic mass is 16.3. The third-order valence-electron chi connectivity index (χ3n) is 4.61. The van der Waals surface area contributed by atoms with E-state index in [-0.39, 0.29) is 11.8 Å². The highest BCUT2D eigenvalue weighted by Gasteiger charge is 2.29. The molecule has 122 valence electrons. The van der Waals surface area contributed by atoms with E-state index in [4.69, 9.17) is 0 Å². The van der Waals surface area contributed by atoms with Crippen molar-refractivity contribution in [2.75, 3.05) is 0 Å². The number of phenols is 2. The zero-order chi connectivity index (χ0) is 16.2. The molecular formula is C19H23NO3. The lowest BCUT2D eigenvalue weighted by Gasteiger charge is -2.20. The molecule has 0 radical (unpaired) electrons. The summed E-state index contributed by atoms with van der Waals surface area (Å²) in [6, 6.07) is 14.6. The van der Waals surface area contributed by atoms with E-state index in [1.165, 1.54) is 5.56 Å². The lowest BCUT2D eigenvalue weighted by atomic mass is 10.0. The molecule has 0 aromatic heterocycles. The third-order valence-corrected chi connectivity index (χ3v) is 4.61. The lowest BCUT2D eigenvalue weighted by molar-refractivity contribution is 0.135. The van der Waals surface area contributed by atoms with Gasteiger partial charge in [-0.05, 0) is 61.1 Å². The first-order valence-corrected chi connectivity index (χ1v) is 8.13. The van der Waals surface area contributed by atoms with Crippen LogP contribution in [0.15, 0.2) is 48.5 Å². The Bertz CT molecular complexity index is 624. The maximum Gasteiger partial charge on any atom is 0.115 e. The van der Waals surface area contributed by atoms with E-state index in [2.05, 4.69) is 5.32 Å². The molecular weight excluding hydrogens is 290 g/mol. The highest BCUT2D eigenvalue weighted by Crippen LogP contribution is 2.28. The standard InChI is InChI=1S/C19H23NO3/c21-16-8-2-13(3-9-16)1-6-15-7-12-18(20-15)19(23)14-4-10-17(22)11-5-14/h2-5,8-11,15,18-23H,1,6-7,12H2/t15-,18-,19?/m0/s1. The average molecular weight is 313 g/mol. The van der Waals surface area contributed by atoms with Crippen molar-refractivity contribution in [3.05, 3.63) is 59.7 Å². The van der Waals surface area contributed by atoms with Crippen molar-refractivity contribution < 1.29 is 15.3 Å². The molecule has 1 unspecified atom stereocenters. The van der Waals surface area contributed by atoms with Crippen LogP contribution in [0.2, 0.25) is 0 Å². The number of aliphatic hydroxyl groups excluding tert-OH is 1. The van der Waals surface area contributed by atoms with Crippen LogP contribution < -0.4 is 5.32 Å². The molecule has 1 fully saturated rings. The Hall–Kier alpha value is -2.04. The Kier molecular flexibility index (Phi) is 4.84. The molecule has 1 heterocycles. The number of aliphatic hydroxyl groups is 1. The minimum absolute atomic E-state index is 0.0596. The molecule has 2 aromatic carbocycles. The molecule has 4 heteroatoms. The van der Waals surface area contributed by atoms with Crippen LogP contribution in [-0.2, 0) is 6.42 Å². The highest BCUT2D eigenvalue weighted by molar-refractivity contribution is 5.28. The van der Waals surface area contributed by atoms with Crippen LogP contribution in [0.5, 0.6) is 11.5 Å². The van der Waals surface area contributed by atoms with Crippen molar-refractivity contribution in [3.8, 4) is 11.5 Å². The van der Waals surface area contributed by atoms with Crippen molar-refractivity contribution >= 4 is 0 Å². The predicted molar refractivity (Wildman–Crippen MR) is 89.4 cm³/mol. The Morgan fingerprint density at radius 3 is 2.17 bits per heavy atom. The van der Waals surface area contributed by atoms with Gasteiger partial charge >= 0.3 is 0 Å². The minimum Gasteiger partial charge on any atom is -0.508 e. The van der Waals surface area contributed by atoms with Crippen LogP contribution in [-0.4, -0.2) is 27.4 Å². The lowest BCUT2D eigenvalue weighted by Crippen LogP contribution is -2.34. The number of aromatic hydroxyl groups is 2. The molecule has 2 aromatic rings. The number of aryl methyl sites for hydroxylation is 1. The Morgan fingerprint density at radius 2 is 1.52 bits per heavy atom. The van der Waals surface area contributed by atoms with Crippen molar-refractivity contribution in [2.45, 2.75) is 43.9 Å². The van der Waals surface area contributed by atoms with Crippen molar-refractivity contribution in [3.63, 3.8) is 0 Å². The fourth-order valence-electron chi connectivity index (χ4n) is 3.23. The molecule has 1 aliphatic heterocycles. The number of hydrogen-bond donors (Lipinski definition) is 4. The Labute approximate surface area is 136 Å². The molecule has 1 saturated heterocycles. The molecule has 1 aliphatic rings. The summed E-state index contributed by atoms with van der Waals surface area (Å²) in [5, 5.41) is 32.6. The first-order valence-electron chi connectivity index (χ1n) is 8.13. The van der Waals surface area contributed by atoms with E-state index in [1.807, 2.05) is 12.1 Å². The largest absolute Gasteiger partial charge is 0.508 e. The quantitative estimate of drug-likeness (QED) is 0.685. The summed E-state index contributed by atoms with van der Waals surface area (Å²) in [5.74, 6) is 0.511. The number of nitrogens with one attached hydrogen (secondary N) is 1. The second kappa shape index (κ2) is 7.02. The topological polar surface area (TPSA) is 72.7 Å². The first kappa shape index (κ1) is 15.8. The summed E-state index contributed by atoms with van der Waals surface area (Å²) in [5.41, 5.74) is 2.05. The molecule has 0 saturated carbocycles. The van der Waals surface area contributed by atoms with Crippen LogP contribution >= 0.6 is 0 Å². The zero-order valence-corrected chi connectivity index (χ0v) is 13.0. The summed E-state index contributed by atoms with van der Waals surface area (Å²) in [7, 11) is 0. The molecule has 4 nitrogen and oxygen atoms in total. The van der Waals surface area contributed by atoms with Crippen LogP contribution in [0.3, 0.4) is 0 Å². The van der Waals surface area contributed by atoms with Gasteiger partial charge in [0.15, 0.2) is 0 Å². The van der Waals surface area contributed by atoms with Gasteiger partial charge in [0.2, 0.25) is 0 Å². The molecule has 23 heavy (non-hydrogen) atoms. The SMILES string of the molecule is Oc1ccc(CC[C@H]2CC[C@@H](C(O)c3ccc(O)cc3)N2)cc1. The molecule has 0 amide bonds. The van der Waals surface area contributed by atoms with Gasteiger partial charge < -0.3 is 20.6 Å². The van der Waals surface area contributed by atoms with Gasteiger partial charge in [0.25, 0.3) is 0 Å². The zero-order valence-electron chi connectivity index (χ0n) is 13.0. The van der Waals surface area contributed by atoms with E-state index < -0.39 is 6.10 Å². The fraction of sp³-hybridized carbons (Fsp3) is 0.368. The number of hydrogen-bond acceptors (Lipinski definition) is 4. The Balaban J connectivity index is 1.51. The molecule has 0 spiro atoms. The van der Waals surface area contributed by atoms with Crippen LogP contribution in [0.4, 0.5) is 0 Å². The van der Waals surface area contributed by atoms with Crippen molar-refractivity contribution in [2.24, 2.45) is 0 Å². The fourth-order valence-corrected chi connectivity index (χ4v) is 3.23. The summed E-state index contributed by atoms with van der Waals surface area (Å²) in [6.07, 6.45) is 3.43. The third kappa shape index (κ3) is 4.03. The van der Waals surface area contributed by atoms with Crippen LogP contribution in [0.25, 0.3) is 0 Å². The van der Waals surface area contributed by atoms with E-state index >= 15 is 0 Å². The van der Waals surface area contributed by atoms with Gasteiger partial charge in [-0.15, -0.1) is 0 Å². The molecule has 3 atom stereocenters. The van der Waals surface area contributed by atoms with Crippen LogP contribution in [0.1, 0.15) is 36.5 Å². The van der Waals surface area contributed by atoms with Crippen molar-refractivity contribution in [1.82, 2.24) is 5.32 Å². The minimum atomic E-state index is -0.547. The summed E-state index contributed by atoms with van der Waals surface area (Å²) >= 11 is 0. The maximum absolute atomic E-state index is 10.5. The van der Waals surface area contributed by atoms with Gasteiger partial charge in [-0.2, -0.15) is 0 Å². The Morgan fingerprint density at radius 1 is 0.913 bits per heavy atom. The van der Waals surface area contributed by atoms with Gasteiger partial charge in [0.1, 0.15) is 11.5 Å². The van der Waals surface area contributed by atoms with Gasteiger partial charge in [0.05, 0.1) is 6.10 Å². The summed E-state index contributed by atoms with van der Waals surface area (Å²) in [6.45, 7) is 0. The summed E-state index contributed by atoms with van der Waals surface area (Å²) in [4.78, 5) is 0. The number of phenolic OH excluding ortho intramolecular Hbond substituents is 2. The summed E-state index contributed by atoms with van der Waals surface area (Å²) < 4.78 is 0. The monoisotopic (exact) mass is 313 g/mol. The maximum atomic E-state index is 10.5. The number of rotatable bonds is 5. The molecule has 4 N–H and O–H groups in total. The second-order valence-corrected chi connectivity index (χ2v) is 6.29.